The second-order valence-electron chi connectivity index (χ2n) is 3.44. The van der Waals surface area contributed by atoms with Crippen LogP contribution in [-0.2, 0) is 0 Å². The van der Waals surface area contributed by atoms with Crippen LogP contribution in [0, 0.1) is 5.82 Å². The van der Waals surface area contributed by atoms with Crippen molar-refractivity contribution in [3.05, 3.63) is 39.8 Å². The standard InChI is InChI=1S/C10H8Cl2FN3S/c1-5(15-10-4-14-16-17-10)6-2-9(13)8(12)3-7(6)11/h2-5,15H,1H3. The molecular weight excluding hydrogens is 284 g/mol. The van der Waals surface area contributed by atoms with Gasteiger partial charge >= 0.3 is 0 Å². The van der Waals surface area contributed by atoms with Crippen molar-refractivity contribution in [2.24, 2.45) is 0 Å². The molecule has 7 heteroatoms. The molecule has 2 aromatic rings. The van der Waals surface area contributed by atoms with Gasteiger partial charge < -0.3 is 5.32 Å². The molecule has 2 rings (SSSR count). The Morgan fingerprint density at radius 1 is 1.35 bits per heavy atom. The molecule has 0 aliphatic rings. The van der Waals surface area contributed by atoms with E-state index in [-0.39, 0.29) is 11.1 Å². The van der Waals surface area contributed by atoms with Crippen molar-refractivity contribution in [1.29, 1.82) is 0 Å². The minimum atomic E-state index is -0.484. The Kier molecular flexibility index (Phi) is 3.81. The van der Waals surface area contributed by atoms with Crippen LogP contribution in [0.5, 0.6) is 0 Å². The lowest BCUT2D eigenvalue weighted by Crippen LogP contribution is -2.06. The number of aromatic nitrogens is 2. The van der Waals surface area contributed by atoms with Crippen LogP contribution in [-0.4, -0.2) is 9.59 Å². The molecule has 0 spiro atoms. The van der Waals surface area contributed by atoms with E-state index in [2.05, 4.69) is 14.9 Å². The highest BCUT2D eigenvalue weighted by molar-refractivity contribution is 7.09. The van der Waals surface area contributed by atoms with Crippen molar-refractivity contribution in [3.63, 3.8) is 0 Å². The SMILES string of the molecule is CC(Nc1cnns1)c1cc(F)c(Cl)cc1Cl. The highest BCUT2D eigenvalue weighted by atomic mass is 35.5. The first-order valence-corrected chi connectivity index (χ1v) is 6.29. The van der Waals surface area contributed by atoms with Crippen LogP contribution in [0.4, 0.5) is 9.39 Å². The van der Waals surface area contributed by atoms with Crippen molar-refractivity contribution in [2.45, 2.75) is 13.0 Å². The van der Waals surface area contributed by atoms with E-state index in [1.54, 1.807) is 6.20 Å². The molecule has 0 aliphatic heterocycles. The van der Waals surface area contributed by atoms with Gasteiger partial charge in [0.15, 0.2) is 0 Å². The maximum atomic E-state index is 13.4. The molecule has 0 fully saturated rings. The largest absolute Gasteiger partial charge is 0.368 e. The third kappa shape index (κ3) is 2.86. The summed E-state index contributed by atoms with van der Waals surface area (Å²) in [6.45, 7) is 1.87. The molecule has 0 radical (unpaired) electrons. The van der Waals surface area contributed by atoms with Gasteiger partial charge in [-0.1, -0.05) is 27.7 Å². The van der Waals surface area contributed by atoms with Gasteiger partial charge in [-0.15, -0.1) is 5.10 Å². The first-order chi connectivity index (χ1) is 8.08. The first kappa shape index (κ1) is 12.5. The molecular formula is C10H8Cl2FN3S. The summed E-state index contributed by atoms with van der Waals surface area (Å²) in [5.41, 5.74) is 0.641. The summed E-state index contributed by atoms with van der Waals surface area (Å²) in [4.78, 5) is 0. The molecule has 1 aromatic carbocycles. The Bertz CT molecular complexity index is 519. The Morgan fingerprint density at radius 3 is 2.76 bits per heavy atom. The van der Waals surface area contributed by atoms with Gasteiger partial charge in [-0.2, -0.15) is 0 Å². The third-order valence-corrected chi connectivity index (χ3v) is 3.44. The maximum Gasteiger partial charge on any atom is 0.142 e. The molecule has 1 unspecified atom stereocenters. The zero-order valence-electron chi connectivity index (χ0n) is 8.75. The number of rotatable bonds is 3. The van der Waals surface area contributed by atoms with E-state index in [1.807, 2.05) is 6.92 Å². The molecule has 0 bridgehead atoms. The molecule has 0 amide bonds. The molecule has 0 saturated heterocycles. The van der Waals surface area contributed by atoms with E-state index < -0.39 is 5.82 Å². The van der Waals surface area contributed by atoms with Gasteiger partial charge in [0.05, 0.1) is 17.3 Å². The van der Waals surface area contributed by atoms with Crippen LogP contribution in [0.3, 0.4) is 0 Å². The first-order valence-electron chi connectivity index (χ1n) is 4.76. The van der Waals surface area contributed by atoms with E-state index in [4.69, 9.17) is 23.2 Å². The average Bonchev–Trinajstić information content (AvgIpc) is 2.76. The highest BCUT2D eigenvalue weighted by Gasteiger charge is 2.14. The van der Waals surface area contributed by atoms with Crippen LogP contribution in [0.2, 0.25) is 10.0 Å². The molecule has 90 valence electrons. The molecule has 1 atom stereocenters. The summed E-state index contributed by atoms with van der Waals surface area (Å²) in [6.07, 6.45) is 1.60. The molecule has 1 N–H and O–H groups in total. The number of nitrogens with zero attached hydrogens (tertiary/aromatic N) is 2. The fourth-order valence-corrected chi connectivity index (χ4v) is 2.44. The predicted molar refractivity (Wildman–Crippen MR) is 68.4 cm³/mol. The van der Waals surface area contributed by atoms with Crippen molar-refractivity contribution in [2.75, 3.05) is 5.32 Å². The molecule has 0 aliphatic carbocycles. The summed E-state index contributed by atoms with van der Waals surface area (Å²) < 4.78 is 17.1. The van der Waals surface area contributed by atoms with Gasteiger partial charge in [-0.25, -0.2) is 4.39 Å². The molecule has 17 heavy (non-hydrogen) atoms. The monoisotopic (exact) mass is 291 g/mol. The van der Waals surface area contributed by atoms with Gasteiger partial charge in [-0.05, 0) is 24.6 Å². The smallest absolute Gasteiger partial charge is 0.142 e. The van der Waals surface area contributed by atoms with Gasteiger partial charge in [0.25, 0.3) is 0 Å². The number of anilines is 1. The summed E-state index contributed by atoms with van der Waals surface area (Å²) in [5, 5.41) is 8.06. The minimum Gasteiger partial charge on any atom is -0.368 e. The summed E-state index contributed by atoms with van der Waals surface area (Å²) in [6, 6.07) is 2.57. The fourth-order valence-electron chi connectivity index (χ4n) is 1.39. The maximum absolute atomic E-state index is 13.4. The normalized spacial score (nSPS) is 12.5. The molecule has 1 aromatic heterocycles. The number of halogens is 3. The van der Waals surface area contributed by atoms with Crippen LogP contribution in [0.25, 0.3) is 0 Å². The molecule has 0 saturated carbocycles. The summed E-state index contributed by atoms with van der Waals surface area (Å²) in [7, 11) is 0. The Balaban J connectivity index is 2.24. The average molecular weight is 292 g/mol. The summed E-state index contributed by atoms with van der Waals surface area (Å²) in [5.74, 6) is -0.484. The number of nitrogens with one attached hydrogen (secondary N) is 1. The van der Waals surface area contributed by atoms with Crippen LogP contribution < -0.4 is 5.32 Å². The van der Waals surface area contributed by atoms with E-state index in [1.165, 1.54) is 23.7 Å². The minimum absolute atomic E-state index is 0.0189. The van der Waals surface area contributed by atoms with Crippen molar-refractivity contribution < 1.29 is 4.39 Å². The van der Waals surface area contributed by atoms with Gasteiger partial charge in [0, 0.05) is 16.6 Å². The second-order valence-corrected chi connectivity index (χ2v) is 5.04. The summed E-state index contributed by atoms with van der Waals surface area (Å²) >= 11 is 12.9. The lowest BCUT2D eigenvalue weighted by molar-refractivity contribution is 0.624. The topological polar surface area (TPSA) is 37.8 Å². The van der Waals surface area contributed by atoms with E-state index in [9.17, 15) is 4.39 Å². The van der Waals surface area contributed by atoms with Crippen LogP contribution in [0.1, 0.15) is 18.5 Å². The Hall–Kier alpha value is -0.910. The van der Waals surface area contributed by atoms with Gasteiger partial charge in [-0.3, -0.25) is 0 Å². The fraction of sp³-hybridized carbons (Fsp3) is 0.200. The van der Waals surface area contributed by atoms with E-state index >= 15 is 0 Å². The van der Waals surface area contributed by atoms with Crippen LogP contribution >= 0.6 is 34.7 Å². The Morgan fingerprint density at radius 2 is 2.12 bits per heavy atom. The zero-order chi connectivity index (χ0) is 12.4. The van der Waals surface area contributed by atoms with Crippen LogP contribution in [0.15, 0.2) is 18.3 Å². The zero-order valence-corrected chi connectivity index (χ0v) is 11.1. The van der Waals surface area contributed by atoms with Crippen molar-refractivity contribution in [3.8, 4) is 0 Å². The van der Waals surface area contributed by atoms with Gasteiger partial charge in [0.1, 0.15) is 10.8 Å². The predicted octanol–water partition coefficient (Wildman–Crippen LogP) is 4.16. The number of benzene rings is 1. The van der Waals surface area contributed by atoms with Crippen molar-refractivity contribution >= 4 is 39.7 Å². The van der Waals surface area contributed by atoms with E-state index in [0.29, 0.717) is 10.6 Å². The Labute approximate surface area is 112 Å². The second kappa shape index (κ2) is 5.16. The van der Waals surface area contributed by atoms with Gasteiger partial charge in [0.2, 0.25) is 0 Å². The molecule has 3 nitrogen and oxygen atoms in total. The number of hydrogen-bond donors (Lipinski definition) is 1. The lowest BCUT2D eigenvalue weighted by atomic mass is 10.1. The highest BCUT2D eigenvalue weighted by Crippen LogP contribution is 2.30. The number of hydrogen-bond acceptors (Lipinski definition) is 4. The van der Waals surface area contributed by atoms with Crippen molar-refractivity contribution in [1.82, 2.24) is 9.59 Å². The molecule has 1 heterocycles. The third-order valence-electron chi connectivity index (χ3n) is 2.23. The van der Waals surface area contributed by atoms with E-state index in [0.717, 1.165) is 5.00 Å². The lowest BCUT2D eigenvalue weighted by Gasteiger charge is -2.15. The quantitative estimate of drug-likeness (QED) is 0.863.